The van der Waals surface area contributed by atoms with Crippen molar-refractivity contribution in [3.63, 3.8) is 0 Å². The van der Waals surface area contributed by atoms with E-state index in [0.29, 0.717) is 6.04 Å². The predicted molar refractivity (Wildman–Crippen MR) is 66.3 cm³/mol. The minimum Gasteiger partial charge on any atom is -0.383 e. The number of nitrogens with one attached hydrogen (secondary N) is 1. The van der Waals surface area contributed by atoms with E-state index in [1.165, 1.54) is 0 Å². The molecule has 0 spiro atoms. The molecular weight excluding hydrogens is 188 g/mol. The van der Waals surface area contributed by atoms with Crippen LogP contribution in [0.1, 0.15) is 34.6 Å². The van der Waals surface area contributed by atoms with Gasteiger partial charge in [0.1, 0.15) is 0 Å². The van der Waals surface area contributed by atoms with Crippen LogP contribution in [0.2, 0.25) is 0 Å². The molecule has 92 valence electrons. The Morgan fingerprint density at radius 1 is 1.33 bits per heavy atom. The third-order valence-electron chi connectivity index (χ3n) is 2.54. The smallest absolute Gasteiger partial charge is 0.0589 e. The molecule has 0 saturated carbocycles. The maximum absolute atomic E-state index is 5.11. The fraction of sp³-hybridized carbons (Fsp3) is 1.00. The molecular formula is C12H28N2O. The molecule has 3 heteroatoms. The van der Waals surface area contributed by atoms with E-state index < -0.39 is 0 Å². The number of likely N-dealkylation sites (N-methyl/N-ethyl adjacent to an activating group) is 1. The molecule has 0 aromatic heterocycles. The molecule has 0 amide bonds. The van der Waals surface area contributed by atoms with Crippen molar-refractivity contribution < 1.29 is 4.74 Å². The zero-order valence-electron chi connectivity index (χ0n) is 11.3. The van der Waals surface area contributed by atoms with Crippen molar-refractivity contribution in [1.29, 1.82) is 0 Å². The van der Waals surface area contributed by atoms with Gasteiger partial charge < -0.3 is 10.1 Å². The van der Waals surface area contributed by atoms with Gasteiger partial charge in [-0.15, -0.1) is 0 Å². The first-order chi connectivity index (χ1) is 6.90. The standard InChI is InChI=1S/C12H28N2O/c1-7-14(8-9-15-6)11(2)10-13-12(3,4)5/h11,13H,7-10H2,1-6H3. The lowest BCUT2D eigenvalue weighted by Gasteiger charge is -2.31. The van der Waals surface area contributed by atoms with Crippen LogP contribution in [-0.4, -0.2) is 49.8 Å². The topological polar surface area (TPSA) is 24.5 Å². The maximum atomic E-state index is 5.11. The minimum absolute atomic E-state index is 0.203. The second-order valence-electron chi connectivity index (χ2n) is 5.10. The van der Waals surface area contributed by atoms with Crippen LogP contribution >= 0.6 is 0 Å². The van der Waals surface area contributed by atoms with Gasteiger partial charge in [0.2, 0.25) is 0 Å². The summed E-state index contributed by atoms with van der Waals surface area (Å²) in [7, 11) is 1.76. The number of hydrogen-bond acceptors (Lipinski definition) is 3. The van der Waals surface area contributed by atoms with Crippen LogP contribution in [0.25, 0.3) is 0 Å². The summed E-state index contributed by atoms with van der Waals surface area (Å²) in [5.74, 6) is 0. The minimum atomic E-state index is 0.203. The van der Waals surface area contributed by atoms with Gasteiger partial charge in [0.15, 0.2) is 0 Å². The Morgan fingerprint density at radius 2 is 1.93 bits per heavy atom. The van der Waals surface area contributed by atoms with Crippen LogP contribution in [0, 0.1) is 0 Å². The molecule has 0 aromatic rings. The molecule has 0 aliphatic heterocycles. The van der Waals surface area contributed by atoms with Gasteiger partial charge in [-0.2, -0.15) is 0 Å². The van der Waals surface area contributed by atoms with Gasteiger partial charge in [-0.25, -0.2) is 0 Å². The van der Waals surface area contributed by atoms with E-state index in [2.05, 4.69) is 44.8 Å². The lowest BCUT2D eigenvalue weighted by Crippen LogP contribution is -2.47. The highest BCUT2D eigenvalue weighted by Crippen LogP contribution is 2.02. The first-order valence-corrected chi connectivity index (χ1v) is 5.88. The fourth-order valence-electron chi connectivity index (χ4n) is 1.48. The number of rotatable bonds is 7. The van der Waals surface area contributed by atoms with E-state index in [0.717, 1.165) is 26.2 Å². The normalized spacial score (nSPS) is 14.6. The first kappa shape index (κ1) is 14.9. The van der Waals surface area contributed by atoms with E-state index in [1.807, 2.05) is 0 Å². The average Bonchev–Trinajstić information content (AvgIpc) is 2.15. The molecule has 1 N–H and O–H groups in total. The molecule has 0 radical (unpaired) electrons. The summed E-state index contributed by atoms with van der Waals surface area (Å²) in [5.41, 5.74) is 0.203. The molecule has 15 heavy (non-hydrogen) atoms. The molecule has 0 aliphatic carbocycles. The summed E-state index contributed by atoms with van der Waals surface area (Å²) in [5, 5.41) is 3.53. The third kappa shape index (κ3) is 7.77. The van der Waals surface area contributed by atoms with Crippen molar-refractivity contribution in [2.75, 3.05) is 33.4 Å². The van der Waals surface area contributed by atoms with Gasteiger partial charge in [0.25, 0.3) is 0 Å². The zero-order valence-corrected chi connectivity index (χ0v) is 11.3. The van der Waals surface area contributed by atoms with Crippen molar-refractivity contribution in [2.45, 2.75) is 46.2 Å². The van der Waals surface area contributed by atoms with Crippen LogP contribution in [-0.2, 0) is 4.74 Å². The van der Waals surface area contributed by atoms with Gasteiger partial charge in [0.05, 0.1) is 6.61 Å². The highest BCUT2D eigenvalue weighted by molar-refractivity contribution is 4.75. The van der Waals surface area contributed by atoms with Crippen LogP contribution < -0.4 is 5.32 Å². The quantitative estimate of drug-likeness (QED) is 0.701. The van der Waals surface area contributed by atoms with Gasteiger partial charge >= 0.3 is 0 Å². The molecule has 0 aromatic carbocycles. The Hall–Kier alpha value is -0.120. The van der Waals surface area contributed by atoms with Crippen LogP contribution in [0.15, 0.2) is 0 Å². The summed E-state index contributed by atoms with van der Waals surface area (Å²) in [6.45, 7) is 15.0. The largest absolute Gasteiger partial charge is 0.383 e. The van der Waals surface area contributed by atoms with Crippen molar-refractivity contribution in [1.82, 2.24) is 10.2 Å². The molecule has 0 saturated heterocycles. The molecule has 0 fully saturated rings. The molecule has 0 bridgehead atoms. The second-order valence-corrected chi connectivity index (χ2v) is 5.10. The SMILES string of the molecule is CCN(CCOC)C(C)CNC(C)(C)C. The molecule has 1 atom stereocenters. The summed E-state index contributed by atoms with van der Waals surface area (Å²) in [4.78, 5) is 2.43. The third-order valence-corrected chi connectivity index (χ3v) is 2.54. The van der Waals surface area contributed by atoms with E-state index in [9.17, 15) is 0 Å². The maximum Gasteiger partial charge on any atom is 0.0589 e. The number of hydrogen-bond donors (Lipinski definition) is 1. The second kappa shape index (κ2) is 7.20. The average molecular weight is 216 g/mol. The zero-order chi connectivity index (χ0) is 11.9. The summed E-state index contributed by atoms with van der Waals surface area (Å²) in [6, 6.07) is 0.560. The van der Waals surface area contributed by atoms with Crippen molar-refractivity contribution in [2.24, 2.45) is 0 Å². The van der Waals surface area contributed by atoms with Crippen molar-refractivity contribution in [3.05, 3.63) is 0 Å². The number of nitrogens with zero attached hydrogens (tertiary/aromatic N) is 1. The van der Waals surface area contributed by atoms with E-state index >= 15 is 0 Å². The highest BCUT2D eigenvalue weighted by atomic mass is 16.5. The van der Waals surface area contributed by atoms with Crippen molar-refractivity contribution >= 4 is 0 Å². The van der Waals surface area contributed by atoms with Gasteiger partial charge in [-0.1, -0.05) is 6.92 Å². The summed E-state index contributed by atoms with van der Waals surface area (Å²) >= 11 is 0. The molecule has 3 nitrogen and oxygen atoms in total. The monoisotopic (exact) mass is 216 g/mol. The first-order valence-electron chi connectivity index (χ1n) is 5.88. The predicted octanol–water partition coefficient (Wildman–Crippen LogP) is 1.73. The fourth-order valence-corrected chi connectivity index (χ4v) is 1.48. The van der Waals surface area contributed by atoms with Crippen molar-refractivity contribution in [3.8, 4) is 0 Å². The van der Waals surface area contributed by atoms with Crippen LogP contribution in [0.3, 0.4) is 0 Å². The molecule has 1 unspecified atom stereocenters. The van der Waals surface area contributed by atoms with E-state index in [1.54, 1.807) is 7.11 Å². The van der Waals surface area contributed by atoms with Gasteiger partial charge in [-0.3, -0.25) is 4.90 Å². The molecule has 0 aliphatic rings. The van der Waals surface area contributed by atoms with E-state index in [-0.39, 0.29) is 5.54 Å². The molecule has 0 heterocycles. The Labute approximate surface area is 95.2 Å². The lowest BCUT2D eigenvalue weighted by atomic mass is 10.1. The number of methoxy groups -OCH3 is 1. The Kier molecular flexibility index (Phi) is 7.14. The Morgan fingerprint density at radius 3 is 2.33 bits per heavy atom. The van der Waals surface area contributed by atoms with Gasteiger partial charge in [0, 0.05) is 31.8 Å². The number of ether oxygens (including phenoxy) is 1. The van der Waals surface area contributed by atoms with Gasteiger partial charge in [-0.05, 0) is 34.2 Å². The van der Waals surface area contributed by atoms with E-state index in [4.69, 9.17) is 4.74 Å². The lowest BCUT2D eigenvalue weighted by molar-refractivity contribution is 0.125. The van der Waals surface area contributed by atoms with Crippen LogP contribution in [0.4, 0.5) is 0 Å². The Bertz CT molecular complexity index is 154. The summed E-state index contributed by atoms with van der Waals surface area (Å²) in [6.07, 6.45) is 0. The summed E-state index contributed by atoms with van der Waals surface area (Å²) < 4.78 is 5.11. The van der Waals surface area contributed by atoms with Crippen LogP contribution in [0.5, 0.6) is 0 Å². The molecule has 0 rings (SSSR count). The Balaban J connectivity index is 3.87. The highest BCUT2D eigenvalue weighted by Gasteiger charge is 2.15.